The van der Waals surface area contributed by atoms with E-state index in [1.165, 1.54) is 11.0 Å². The maximum Gasteiger partial charge on any atom is 0.337 e. The van der Waals surface area contributed by atoms with Gasteiger partial charge in [-0.15, -0.1) is 0 Å². The van der Waals surface area contributed by atoms with Crippen molar-refractivity contribution in [1.29, 1.82) is 0 Å². The summed E-state index contributed by atoms with van der Waals surface area (Å²) in [6.45, 7) is 0. The fraction of sp³-hybridized carbons (Fsp3) is 0.500. The summed E-state index contributed by atoms with van der Waals surface area (Å²) in [5.41, 5.74) is -1.16. The summed E-state index contributed by atoms with van der Waals surface area (Å²) in [6, 6.07) is 2.46. The van der Waals surface area contributed by atoms with Crippen molar-refractivity contribution in [3.8, 4) is 0 Å². The molecule has 2 aliphatic rings. The molecule has 1 unspecified atom stereocenters. The quantitative estimate of drug-likeness (QED) is 0.816. The Kier molecular flexibility index (Phi) is 3.83. The molecule has 0 aromatic heterocycles. The van der Waals surface area contributed by atoms with Gasteiger partial charge >= 0.3 is 7.60 Å². The number of fused-ring (bicyclic) bond motifs is 1. The second kappa shape index (κ2) is 5.41. The normalized spacial score (nSPS) is 28.8. The first-order valence-electron chi connectivity index (χ1n) is 7.11. The molecule has 1 aromatic rings. The molecule has 0 saturated carbocycles. The Morgan fingerprint density at radius 3 is 2.45 bits per heavy atom. The van der Waals surface area contributed by atoms with Crippen molar-refractivity contribution in [3.63, 3.8) is 0 Å². The third-order valence-electron chi connectivity index (χ3n) is 4.54. The maximum absolute atomic E-state index is 14.0. The highest BCUT2D eigenvalue weighted by Crippen LogP contribution is 2.51. The molecule has 3 atom stereocenters. The van der Waals surface area contributed by atoms with Crippen LogP contribution in [-0.2, 0) is 9.36 Å². The third-order valence-corrected chi connectivity index (χ3v) is 5.83. The Morgan fingerprint density at radius 1 is 1.14 bits per heavy atom. The van der Waals surface area contributed by atoms with E-state index in [1.54, 1.807) is 0 Å². The van der Waals surface area contributed by atoms with Crippen LogP contribution in [0.25, 0.3) is 0 Å². The zero-order chi connectivity index (χ0) is 16.1. The van der Waals surface area contributed by atoms with Crippen molar-refractivity contribution in [2.24, 2.45) is 0 Å². The molecular weight excluding hydrogens is 315 g/mol. The molecule has 0 aliphatic carbocycles. The molecule has 2 heterocycles. The van der Waals surface area contributed by atoms with E-state index in [-0.39, 0.29) is 18.0 Å². The van der Waals surface area contributed by atoms with Gasteiger partial charge in [-0.1, -0.05) is 6.07 Å². The van der Waals surface area contributed by atoms with Gasteiger partial charge in [-0.2, -0.15) is 0 Å². The van der Waals surface area contributed by atoms with Gasteiger partial charge in [0.1, 0.15) is 17.3 Å². The van der Waals surface area contributed by atoms with Gasteiger partial charge in [-0.05, 0) is 31.7 Å². The van der Waals surface area contributed by atoms with E-state index < -0.39 is 36.8 Å². The van der Waals surface area contributed by atoms with E-state index in [2.05, 4.69) is 0 Å². The first kappa shape index (κ1) is 15.6. The van der Waals surface area contributed by atoms with Gasteiger partial charge in [-0.3, -0.25) is 9.36 Å². The minimum absolute atomic E-state index is 0.134. The second-order valence-electron chi connectivity index (χ2n) is 5.84. The molecule has 5 nitrogen and oxygen atoms in total. The summed E-state index contributed by atoms with van der Waals surface area (Å²) in [5.74, 6) is -2.07. The van der Waals surface area contributed by atoms with Crippen molar-refractivity contribution < 1.29 is 27.9 Å². The van der Waals surface area contributed by atoms with Crippen molar-refractivity contribution in [2.75, 3.05) is 0 Å². The molecule has 22 heavy (non-hydrogen) atoms. The Labute approximate surface area is 126 Å². The molecule has 3 rings (SSSR count). The number of benzene rings is 1. The van der Waals surface area contributed by atoms with E-state index in [1.807, 2.05) is 0 Å². The van der Waals surface area contributed by atoms with Crippen LogP contribution in [-0.4, -0.2) is 32.3 Å². The van der Waals surface area contributed by atoms with Crippen LogP contribution in [0.3, 0.4) is 0 Å². The molecule has 2 N–H and O–H groups in total. The number of halogens is 2. The summed E-state index contributed by atoms with van der Waals surface area (Å²) in [4.78, 5) is 32.5. The molecule has 1 aromatic carbocycles. The van der Waals surface area contributed by atoms with Crippen molar-refractivity contribution in [1.82, 2.24) is 4.90 Å². The number of hydrogen-bond donors (Lipinski definition) is 2. The topological polar surface area (TPSA) is 77.8 Å². The molecule has 0 bridgehead atoms. The molecule has 1 amide bonds. The number of rotatable bonds is 2. The standard InChI is InChI=1S/C14H16F2NO4P/c15-8-1-4-10(11(16)7-8)12-5-2-9-3-6-13(22(19,20)21)14(18)17(9)12/h1,4,7,9,12-13H,2-3,5-6H2,(H2,19,20,21)/t9-,12-,13?/m0/s1. The van der Waals surface area contributed by atoms with Crippen molar-refractivity contribution in [3.05, 3.63) is 35.4 Å². The predicted molar refractivity (Wildman–Crippen MR) is 74.0 cm³/mol. The molecule has 2 saturated heterocycles. The Bertz CT molecular complexity index is 662. The number of piperidine rings is 1. The first-order chi connectivity index (χ1) is 10.3. The van der Waals surface area contributed by atoms with Crippen LogP contribution in [0.5, 0.6) is 0 Å². The SMILES string of the molecule is O=C1C(P(=O)(O)O)CC[C@@H]2CC[C@@H](c3ccc(F)cc3F)N12. The van der Waals surface area contributed by atoms with Crippen molar-refractivity contribution in [2.45, 2.75) is 43.4 Å². The molecule has 0 radical (unpaired) electrons. The first-order valence-corrected chi connectivity index (χ1v) is 8.79. The van der Waals surface area contributed by atoms with E-state index in [0.29, 0.717) is 19.3 Å². The second-order valence-corrected chi connectivity index (χ2v) is 7.64. The molecule has 0 spiro atoms. The summed E-state index contributed by atoms with van der Waals surface area (Å²) in [7, 11) is -4.53. The van der Waals surface area contributed by atoms with E-state index >= 15 is 0 Å². The Morgan fingerprint density at radius 2 is 1.82 bits per heavy atom. The monoisotopic (exact) mass is 331 g/mol. The van der Waals surface area contributed by atoms with E-state index in [9.17, 15) is 27.9 Å². The van der Waals surface area contributed by atoms with E-state index in [0.717, 1.165) is 12.1 Å². The summed E-state index contributed by atoms with van der Waals surface area (Å²) in [5, 5.41) is 0. The minimum Gasteiger partial charge on any atom is -0.332 e. The fourth-order valence-electron chi connectivity index (χ4n) is 3.53. The fourth-order valence-corrected chi connectivity index (χ4v) is 4.44. The number of nitrogens with zero attached hydrogens (tertiary/aromatic N) is 1. The predicted octanol–water partition coefficient (Wildman–Crippen LogP) is 2.34. The molecule has 8 heteroatoms. The lowest BCUT2D eigenvalue weighted by molar-refractivity contribution is -0.136. The van der Waals surface area contributed by atoms with Crippen LogP contribution in [0.4, 0.5) is 8.78 Å². The van der Waals surface area contributed by atoms with Gasteiger partial charge in [0.2, 0.25) is 5.91 Å². The van der Waals surface area contributed by atoms with Gasteiger partial charge in [0, 0.05) is 17.7 Å². The molecule has 120 valence electrons. The average molecular weight is 331 g/mol. The largest absolute Gasteiger partial charge is 0.337 e. The lowest BCUT2D eigenvalue weighted by Gasteiger charge is -2.38. The van der Waals surface area contributed by atoms with Gasteiger partial charge in [0.15, 0.2) is 0 Å². The summed E-state index contributed by atoms with van der Waals surface area (Å²) < 4.78 is 38.5. The lowest BCUT2D eigenvalue weighted by Crippen LogP contribution is -2.47. The average Bonchev–Trinajstić information content (AvgIpc) is 2.82. The van der Waals surface area contributed by atoms with Crippen LogP contribution in [0.2, 0.25) is 0 Å². The van der Waals surface area contributed by atoms with Gasteiger partial charge in [0.05, 0.1) is 6.04 Å². The van der Waals surface area contributed by atoms with Gasteiger partial charge < -0.3 is 14.7 Å². The zero-order valence-corrected chi connectivity index (χ0v) is 12.5. The number of hydrogen-bond acceptors (Lipinski definition) is 2. The van der Waals surface area contributed by atoms with Gasteiger partial charge in [-0.25, -0.2) is 8.78 Å². The van der Waals surface area contributed by atoms with Crippen LogP contribution in [0.15, 0.2) is 18.2 Å². The number of carbonyl (C=O) groups excluding carboxylic acids is 1. The van der Waals surface area contributed by atoms with Crippen LogP contribution in [0.1, 0.15) is 37.3 Å². The Balaban J connectivity index is 1.95. The highest BCUT2D eigenvalue weighted by Gasteiger charge is 2.49. The number of amides is 1. The lowest BCUT2D eigenvalue weighted by atomic mass is 10.0. The molecule has 2 aliphatic heterocycles. The van der Waals surface area contributed by atoms with Crippen molar-refractivity contribution >= 4 is 13.5 Å². The van der Waals surface area contributed by atoms with Gasteiger partial charge in [0.25, 0.3) is 0 Å². The number of carbonyl (C=O) groups is 1. The smallest absolute Gasteiger partial charge is 0.332 e. The van der Waals surface area contributed by atoms with E-state index in [4.69, 9.17) is 0 Å². The highest BCUT2D eigenvalue weighted by atomic mass is 31.2. The van der Waals surface area contributed by atoms with Crippen LogP contribution >= 0.6 is 7.60 Å². The molecule has 2 fully saturated rings. The third kappa shape index (κ3) is 2.57. The summed E-state index contributed by atoms with van der Waals surface area (Å²) >= 11 is 0. The van der Waals surface area contributed by atoms with Crippen LogP contribution in [0, 0.1) is 11.6 Å². The molecular formula is C14H16F2NO4P. The Hall–Kier alpha value is -1.30. The van der Waals surface area contributed by atoms with Crippen LogP contribution < -0.4 is 0 Å². The highest BCUT2D eigenvalue weighted by molar-refractivity contribution is 7.53. The maximum atomic E-state index is 14.0. The zero-order valence-electron chi connectivity index (χ0n) is 11.7. The summed E-state index contributed by atoms with van der Waals surface area (Å²) in [6.07, 6.45) is 1.79. The minimum atomic E-state index is -4.53.